The maximum atomic E-state index is 12.5. The molecule has 0 unspecified atom stereocenters. The van der Waals surface area contributed by atoms with E-state index in [1.807, 2.05) is 0 Å². The van der Waals surface area contributed by atoms with Crippen LogP contribution in [0.2, 0.25) is 0 Å². The summed E-state index contributed by atoms with van der Waals surface area (Å²) < 4.78 is 35.0. The van der Waals surface area contributed by atoms with Gasteiger partial charge in [-0.05, 0) is 32.1 Å². The van der Waals surface area contributed by atoms with Gasteiger partial charge < -0.3 is 4.74 Å². The molecule has 0 bridgehead atoms. The normalized spacial score (nSPS) is 28.4. The standard InChI is InChI=1S/C15H31N3O3S/c1-4-15(3,17-8-10-21-11-9-17)13-16-22(19,20)18-7-5-6-14(2)12-18/h14,16H,4-13H2,1-3H3/t14-,15+/m1/s1. The summed E-state index contributed by atoms with van der Waals surface area (Å²) in [6.45, 7) is 11.3. The van der Waals surface area contributed by atoms with E-state index < -0.39 is 10.2 Å². The second-order valence-corrected chi connectivity index (χ2v) is 8.64. The molecule has 2 atom stereocenters. The molecule has 0 amide bonds. The molecule has 2 heterocycles. The lowest BCUT2D eigenvalue weighted by Gasteiger charge is -2.43. The summed E-state index contributed by atoms with van der Waals surface area (Å²) in [6, 6.07) is 0. The predicted molar refractivity (Wildman–Crippen MR) is 88.0 cm³/mol. The van der Waals surface area contributed by atoms with Crippen LogP contribution >= 0.6 is 0 Å². The topological polar surface area (TPSA) is 61.9 Å². The first-order chi connectivity index (χ1) is 10.4. The van der Waals surface area contributed by atoms with Gasteiger partial charge >= 0.3 is 0 Å². The molecule has 0 aromatic carbocycles. The Balaban J connectivity index is 1.96. The highest BCUT2D eigenvalue weighted by molar-refractivity contribution is 7.87. The average Bonchev–Trinajstić information content (AvgIpc) is 2.53. The van der Waals surface area contributed by atoms with Crippen molar-refractivity contribution in [2.75, 3.05) is 45.9 Å². The molecule has 0 spiro atoms. The number of morpholine rings is 1. The minimum atomic E-state index is -3.37. The average molecular weight is 333 g/mol. The Morgan fingerprint density at radius 1 is 1.27 bits per heavy atom. The molecule has 0 aromatic heterocycles. The van der Waals surface area contributed by atoms with Crippen LogP contribution < -0.4 is 4.72 Å². The van der Waals surface area contributed by atoms with Gasteiger partial charge in [0.05, 0.1) is 13.2 Å². The van der Waals surface area contributed by atoms with Crippen LogP contribution in [0.1, 0.15) is 40.0 Å². The number of nitrogens with one attached hydrogen (secondary N) is 1. The van der Waals surface area contributed by atoms with Gasteiger partial charge in [-0.15, -0.1) is 0 Å². The maximum absolute atomic E-state index is 12.5. The maximum Gasteiger partial charge on any atom is 0.279 e. The van der Waals surface area contributed by atoms with Crippen molar-refractivity contribution in [1.29, 1.82) is 0 Å². The molecule has 1 N–H and O–H groups in total. The molecule has 2 saturated heterocycles. The SMILES string of the molecule is CC[C@@](C)(CNS(=O)(=O)N1CCC[C@@H](C)C1)N1CCOCC1. The van der Waals surface area contributed by atoms with E-state index in [1.54, 1.807) is 4.31 Å². The number of hydrogen-bond donors (Lipinski definition) is 1. The highest BCUT2D eigenvalue weighted by Gasteiger charge is 2.34. The van der Waals surface area contributed by atoms with E-state index in [0.717, 1.165) is 45.6 Å². The summed E-state index contributed by atoms with van der Waals surface area (Å²) in [7, 11) is -3.37. The molecule has 0 saturated carbocycles. The first-order valence-corrected chi connectivity index (χ1v) is 9.89. The minimum absolute atomic E-state index is 0.155. The van der Waals surface area contributed by atoms with Gasteiger partial charge in [0.25, 0.3) is 10.2 Å². The van der Waals surface area contributed by atoms with E-state index in [2.05, 4.69) is 30.4 Å². The van der Waals surface area contributed by atoms with Crippen molar-refractivity contribution >= 4 is 10.2 Å². The molecule has 7 heteroatoms. The molecular formula is C15H31N3O3S. The molecule has 0 aromatic rings. The molecule has 0 radical (unpaired) electrons. The van der Waals surface area contributed by atoms with Crippen LogP contribution in [0, 0.1) is 5.92 Å². The zero-order valence-corrected chi connectivity index (χ0v) is 15.0. The fourth-order valence-corrected chi connectivity index (χ4v) is 4.76. The first-order valence-electron chi connectivity index (χ1n) is 8.45. The van der Waals surface area contributed by atoms with Crippen LogP contribution in [0.3, 0.4) is 0 Å². The smallest absolute Gasteiger partial charge is 0.279 e. The van der Waals surface area contributed by atoms with Crippen molar-refractivity contribution in [3.63, 3.8) is 0 Å². The third-order valence-corrected chi connectivity index (χ3v) is 6.65. The van der Waals surface area contributed by atoms with Crippen LogP contribution in [0.4, 0.5) is 0 Å². The minimum Gasteiger partial charge on any atom is -0.379 e. The zero-order valence-electron chi connectivity index (χ0n) is 14.2. The lowest BCUT2D eigenvalue weighted by Crippen LogP contribution is -2.58. The van der Waals surface area contributed by atoms with Gasteiger partial charge in [-0.1, -0.05) is 13.8 Å². The van der Waals surface area contributed by atoms with E-state index in [9.17, 15) is 8.42 Å². The lowest BCUT2D eigenvalue weighted by atomic mass is 9.96. The summed E-state index contributed by atoms with van der Waals surface area (Å²) in [5, 5.41) is 0. The molecule has 6 nitrogen and oxygen atoms in total. The van der Waals surface area contributed by atoms with Gasteiger partial charge in [-0.3, -0.25) is 4.90 Å². The van der Waals surface area contributed by atoms with E-state index >= 15 is 0 Å². The molecule has 2 rings (SSSR count). The molecule has 130 valence electrons. The number of hydrogen-bond acceptors (Lipinski definition) is 4. The van der Waals surface area contributed by atoms with Crippen molar-refractivity contribution < 1.29 is 13.2 Å². The van der Waals surface area contributed by atoms with Crippen LogP contribution in [-0.4, -0.2) is 69.1 Å². The Hall–Kier alpha value is -0.210. The second-order valence-electron chi connectivity index (χ2n) is 6.88. The van der Waals surface area contributed by atoms with Gasteiger partial charge in [-0.2, -0.15) is 12.7 Å². The molecular weight excluding hydrogens is 302 g/mol. The number of piperidine rings is 1. The molecule has 0 aliphatic carbocycles. The third kappa shape index (κ3) is 4.41. The summed E-state index contributed by atoms with van der Waals surface area (Å²) in [5.74, 6) is 0.446. The molecule has 2 aliphatic heterocycles. The third-order valence-electron chi connectivity index (χ3n) is 5.13. The number of rotatable bonds is 6. The Labute approximate surface area is 135 Å². The van der Waals surface area contributed by atoms with Crippen molar-refractivity contribution in [3.8, 4) is 0 Å². The van der Waals surface area contributed by atoms with Crippen molar-refractivity contribution in [2.45, 2.75) is 45.6 Å². The molecule has 2 fully saturated rings. The van der Waals surface area contributed by atoms with Gasteiger partial charge in [0, 0.05) is 38.3 Å². The van der Waals surface area contributed by atoms with Crippen molar-refractivity contribution in [2.24, 2.45) is 5.92 Å². The fourth-order valence-electron chi connectivity index (χ4n) is 3.27. The first kappa shape index (κ1) is 18.1. The van der Waals surface area contributed by atoms with Gasteiger partial charge in [-0.25, -0.2) is 4.72 Å². The lowest BCUT2D eigenvalue weighted by molar-refractivity contribution is -0.0158. The Kier molecular flexibility index (Phi) is 6.24. The molecule has 22 heavy (non-hydrogen) atoms. The van der Waals surface area contributed by atoms with Gasteiger partial charge in [0.2, 0.25) is 0 Å². The zero-order chi connectivity index (χ0) is 16.2. The Morgan fingerprint density at radius 2 is 1.95 bits per heavy atom. The Morgan fingerprint density at radius 3 is 2.55 bits per heavy atom. The predicted octanol–water partition coefficient (Wildman–Crippen LogP) is 1.05. The van der Waals surface area contributed by atoms with E-state index in [1.165, 1.54) is 0 Å². The highest BCUT2D eigenvalue weighted by Crippen LogP contribution is 2.22. The summed E-state index contributed by atoms with van der Waals surface area (Å²) >= 11 is 0. The van der Waals surface area contributed by atoms with Gasteiger partial charge in [0.15, 0.2) is 0 Å². The van der Waals surface area contributed by atoms with E-state index in [0.29, 0.717) is 25.6 Å². The Bertz CT molecular complexity index is 451. The number of nitrogens with zero attached hydrogens (tertiary/aromatic N) is 2. The fraction of sp³-hybridized carbons (Fsp3) is 1.00. The summed E-state index contributed by atoms with van der Waals surface area (Å²) in [6.07, 6.45) is 2.98. The van der Waals surface area contributed by atoms with Crippen molar-refractivity contribution in [3.05, 3.63) is 0 Å². The largest absolute Gasteiger partial charge is 0.379 e. The van der Waals surface area contributed by atoms with Crippen molar-refractivity contribution in [1.82, 2.24) is 13.9 Å². The quantitative estimate of drug-likeness (QED) is 0.789. The second kappa shape index (κ2) is 7.57. The highest BCUT2D eigenvalue weighted by atomic mass is 32.2. The monoisotopic (exact) mass is 333 g/mol. The van der Waals surface area contributed by atoms with Gasteiger partial charge in [0.1, 0.15) is 0 Å². The van der Waals surface area contributed by atoms with E-state index in [-0.39, 0.29) is 5.54 Å². The van der Waals surface area contributed by atoms with Crippen LogP contribution in [0.5, 0.6) is 0 Å². The number of ether oxygens (including phenoxy) is 1. The summed E-state index contributed by atoms with van der Waals surface area (Å²) in [4.78, 5) is 2.35. The van der Waals surface area contributed by atoms with Crippen LogP contribution in [-0.2, 0) is 14.9 Å². The molecule has 2 aliphatic rings. The van der Waals surface area contributed by atoms with E-state index in [4.69, 9.17) is 4.74 Å². The summed E-state index contributed by atoms with van der Waals surface area (Å²) in [5.41, 5.74) is -0.155. The van der Waals surface area contributed by atoms with Crippen LogP contribution in [0.25, 0.3) is 0 Å². The van der Waals surface area contributed by atoms with Crippen LogP contribution in [0.15, 0.2) is 0 Å².